The molecule has 0 aliphatic carbocycles. The van der Waals surface area contributed by atoms with Crippen molar-refractivity contribution in [1.82, 2.24) is 4.31 Å². The van der Waals surface area contributed by atoms with Crippen LogP contribution in [0.4, 0.5) is 5.69 Å². The van der Waals surface area contributed by atoms with Crippen LogP contribution in [0.5, 0.6) is 0 Å². The highest BCUT2D eigenvalue weighted by Gasteiger charge is 2.28. The summed E-state index contributed by atoms with van der Waals surface area (Å²) in [7, 11) is -3.56. The molecule has 0 spiro atoms. The van der Waals surface area contributed by atoms with Crippen LogP contribution in [0, 0.1) is 5.92 Å². The van der Waals surface area contributed by atoms with Gasteiger partial charge in [-0.15, -0.1) is 11.3 Å². The van der Waals surface area contributed by atoms with Crippen LogP contribution in [0.15, 0.2) is 29.6 Å². The lowest BCUT2D eigenvalue weighted by molar-refractivity contribution is 0.166. The second-order valence-electron chi connectivity index (χ2n) is 5.33. The molecular formula is C14H18N2O3S2. The molecule has 2 N–H and O–H groups in total. The molecule has 7 heteroatoms. The summed E-state index contributed by atoms with van der Waals surface area (Å²) in [6.07, 6.45) is 1.67. The molecule has 1 fully saturated rings. The van der Waals surface area contributed by atoms with Crippen LogP contribution in [-0.4, -0.2) is 37.5 Å². The maximum absolute atomic E-state index is 12.4. The molecule has 1 saturated heterocycles. The van der Waals surface area contributed by atoms with Gasteiger partial charge in [-0.2, -0.15) is 12.7 Å². The van der Waals surface area contributed by atoms with Crippen molar-refractivity contribution in [3.63, 3.8) is 0 Å². The van der Waals surface area contributed by atoms with Gasteiger partial charge in [0.2, 0.25) is 0 Å². The van der Waals surface area contributed by atoms with E-state index in [4.69, 9.17) is 0 Å². The first-order valence-corrected chi connectivity index (χ1v) is 9.26. The molecule has 1 atom stereocenters. The van der Waals surface area contributed by atoms with Crippen molar-refractivity contribution in [3.05, 3.63) is 29.6 Å². The quantitative estimate of drug-likeness (QED) is 0.905. The van der Waals surface area contributed by atoms with Gasteiger partial charge in [-0.3, -0.25) is 4.72 Å². The Morgan fingerprint density at radius 1 is 1.38 bits per heavy atom. The molecular weight excluding hydrogens is 308 g/mol. The number of nitrogens with one attached hydrogen (secondary N) is 1. The summed E-state index contributed by atoms with van der Waals surface area (Å²) in [5.74, 6) is 0.0367. The standard InChI is InChI=1S/C14H18N2O3S2/c17-10-11-2-1-6-16(9-11)21(18,19)15-13-3-4-14-12(8-13)5-7-20-14/h3-5,7-8,11,15,17H,1-2,6,9-10H2. The maximum Gasteiger partial charge on any atom is 0.301 e. The molecule has 1 aliphatic heterocycles. The average Bonchev–Trinajstić information content (AvgIpc) is 2.94. The zero-order valence-corrected chi connectivity index (χ0v) is 13.2. The summed E-state index contributed by atoms with van der Waals surface area (Å²) in [6, 6.07) is 7.52. The van der Waals surface area contributed by atoms with Crippen molar-refractivity contribution >= 4 is 37.3 Å². The van der Waals surface area contributed by atoms with Crippen molar-refractivity contribution in [3.8, 4) is 0 Å². The van der Waals surface area contributed by atoms with Crippen molar-refractivity contribution in [2.45, 2.75) is 12.8 Å². The van der Waals surface area contributed by atoms with Gasteiger partial charge in [0, 0.05) is 24.4 Å². The van der Waals surface area contributed by atoms with Gasteiger partial charge in [0.05, 0.1) is 5.69 Å². The van der Waals surface area contributed by atoms with Crippen molar-refractivity contribution < 1.29 is 13.5 Å². The summed E-state index contributed by atoms with van der Waals surface area (Å²) in [6.45, 7) is 0.923. The molecule has 0 radical (unpaired) electrons. The van der Waals surface area contributed by atoms with Crippen LogP contribution in [0.25, 0.3) is 10.1 Å². The average molecular weight is 326 g/mol. The van der Waals surface area contributed by atoms with E-state index in [1.54, 1.807) is 17.4 Å². The number of aliphatic hydroxyl groups excluding tert-OH is 1. The van der Waals surface area contributed by atoms with E-state index < -0.39 is 10.2 Å². The Kier molecular flexibility index (Phi) is 4.17. The van der Waals surface area contributed by atoms with E-state index in [0.29, 0.717) is 18.8 Å². The first kappa shape index (κ1) is 14.8. The Morgan fingerprint density at radius 3 is 3.05 bits per heavy atom. The Balaban J connectivity index is 1.78. The van der Waals surface area contributed by atoms with Crippen molar-refractivity contribution in [1.29, 1.82) is 0 Å². The lowest BCUT2D eigenvalue weighted by Gasteiger charge is -2.31. The molecule has 2 aromatic rings. The second-order valence-corrected chi connectivity index (χ2v) is 7.95. The monoisotopic (exact) mass is 326 g/mol. The normalized spacial score (nSPS) is 20.7. The lowest BCUT2D eigenvalue weighted by Crippen LogP contribution is -2.43. The molecule has 0 amide bonds. The molecule has 21 heavy (non-hydrogen) atoms. The molecule has 114 valence electrons. The van der Waals surface area contributed by atoms with Crippen LogP contribution in [-0.2, 0) is 10.2 Å². The fourth-order valence-corrected chi connectivity index (χ4v) is 4.74. The van der Waals surface area contributed by atoms with E-state index in [-0.39, 0.29) is 12.5 Å². The van der Waals surface area contributed by atoms with Gasteiger partial charge in [0.1, 0.15) is 0 Å². The number of thiophene rings is 1. The summed E-state index contributed by atoms with van der Waals surface area (Å²) < 4.78 is 30.1. The minimum atomic E-state index is -3.56. The topological polar surface area (TPSA) is 69.6 Å². The number of benzene rings is 1. The highest BCUT2D eigenvalue weighted by Crippen LogP contribution is 2.26. The van der Waals surface area contributed by atoms with Gasteiger partial charge in [0.25, 0.3) is 0 Å². The lowest BCUT2D eigenvalue weighted by atomic mass is 10.0. The van der Waals surface area contributed by atoms with E-state index in [1.165, 1.54) is 4.31 Å². The number of fused-ring (bicyclic) bond motifs is 1. The van der Waals surface area contributed by atoms with Gasteiger partial charge >= 0.3 is 10.2 Å². The van der Waals surface area contributed by atoms with E-state index >= 15 is 0 Å². The van der Waals surface area contributed by atoms with Crippen LogP contribution in [0.3, 0.4) is 0 Å². The fraction of sp³-hybridized carbons (Fsp3) is 0.429. The number of piperidine rings is 1. The maximum atomic E-state index is 12.4. The molecule has 1 aliphatic rings. The van der Waals surface area contributed by atoms with Gasteiger partial charge in [0.15, 0.2) is 0 Å². The minimum absolute atomic E-state index is 0.0346. The van der Waals surface area contributed by atoms with E-state index in [9.17, 15) is 13.5 Å². The van der Waals surface area contributed by atoms with E-state index in [1.807, 2.05) is 23.6 Å². The molecule has 1 aromatic carbocycles. The number of anilines is 1. The van der Waals surface area contributed by atoms with Crippen LogP contribution >= 0.6 is 11.3 Å². The smallest absolute Gasteiger partial charge is 0.301 e. The molecule has 3 rings (SSSR count). The first-order chi connectivity index (χ1) is 10.1. The zero-order chi connectivity index (χ0) is 14.9. The molecule has 0 bridgehead atoms. The highest BCUT2D eigenvalue weighted by atomic mass is 32.2. The van der Waals surface area contributed by atoms with Gasteiger partial charge < -0.3 is 5.11 Å². The third-order valence-corrected chi connectivity index (χ3v) is 6.18. The fourth-order valence-electron chi connectivity index (χ4n) is 2.64. The predicted molar refractivity (Wildman–Crippen MR) is 85.8 cm³/mol. The largest absolute Gasteiger partial charge is 0.396 e. The van der Waals surface area contributed by atoms with Crippen molar-refractivity contribution in [2.75, 3.05) is 24.4 Å². The third-order valence-electron chi connectivity index (χ3n) is 3.78. The summed E-state index contributed by atoms with van der Waals surface area (Å²) in [5, 5.41) is 12.2. The Morgan fingerprint density at radius 2 is 2.24 bits per heavy atom. The minimum Gasteiger partial charge on any atom is -0.396 e. The number of rotatable bonds is 4. The second kappa shape index (κ2) is 5.92. The Labute approximate surface area is 128 Å². The molecule has 5 nitrogen and oxygen atoms in total. The zero-order valence-electron chi connectivity index (χ0n) is 11.5. The summed E-state index contributed by atoms with van der Waals surface area (Å²) in [4.78, 5) is 0. The number of hydrogen-bond acceptors (Lipinski definition) is 4. The third kappa shape index (κ3) is 3.21. The van der Waals surface area contributed by atoms with E-state index in [0.717, 1.165) is 22.9 Å². The number of nitrogens with zero attached hydrogens (tertiary/aromatic N) is 1. The molecule has 2 heterocycles. The Bertz CT molecular complexity index is 727. The van der Waals surface area contributed by atoms with Gasteiger partial charge in [-0.25, -0.2) is 0 Å². The molecule has 1 aromatic heterocycles. The van der Waals surface area contributed by atoms with Crippen LogP contribution < -0.4 is 4.72 Å². The number of aliphatic hydroxyl groups is 1. The van der Waals surface area contributed by atoms with Gasteiger partial charge in [-0.1, -0.05) is 0 Å². The number of hydrogen-bond donors (Lipinski definition) is 2. The predicted octanol–water partition coefficient (Wildman–Crippen LogP) is 2.26. The summed E-state index contributed by atoms with van der Waals surface area (Å²) in [5.41, 5.74) is 0.576. The van der Waals surface area contributed by atoms with E-state index in [2.05, 4.69) is 4.72 Å². The van der Waals surface area contributed by atoms with Crippen LogP contribution in [0.2, 0.25) is 0 Å². The van der Waals surface area contributed by atoms with Crippen LogP contribution in [0.1, 0.15) is 12.8 Å². The van der Waals surface area contributed by atoms with Gasteiger partial charge in [-0.05, 0) is 53.8 Å². The first-order valence-electron chi connectivity index (χ1n) is 6.94. The Hall–Kier alpha value is -1.15. The summed E-state index contributed by atoms with van der Waals surface area (Å²) >= 11 is 1.63. The SMILES string of the molecule is O=S(=O)(Nc1ccc2sccc2c1)N1CCCC(CO)C1. The molecule has 0 saturated carbocycles. The highest BCUT2D eigenvalue weighted by molar-refractivity contribution is 7.90. The molecule has 1 unspecified atom stereocenters. The van der Waals surface area contributed by atoms with Crippen molar-refractivity contribution in [2.24, 2.45) is 5.92 Å².